The van der Waals surface area contributed by atoms with E-state index in [2.05, 4.69) is 39.8 Å². The van der Waals surface area contributed by atoms with Gasteiger partial charge in [-0.3, -0.25) is 0 Å². The SMILES string of the molecule is CC(C)=CCCC(C)(C)OC(=O)OC(C)(C)CCC=C(C)C. The Bertz CT molecular complexity index is 368. The van der Waals surface area contributed by atoms with E-state index in [-0.39, 0.29) is 0 Å². The second-order valence-electron chi connectivity index (χ2n) is 7.61. The molecule has 0 unspecified atom stereocenters. The van der Waals surface area contributed by atoms with E-state index in [9.17, 15) is 4.79 Å². The molecule has 0 aliphatic carbocycles. The summed E-state index contributed by atoms with van der Waals surface area (Å²) < 4.78 is 11.0. The lowest BCUT2D eigenvalue weighted by Gasteiger charge is -2.29. The van der Waals surface area contributed by atoms with Gasteiger partial charge in [-0.2, -0.15) is 0 Å². The Morgan fingerprint density at radius 2 is 1.09 bits per heavy atom. The summed E-state index contributed by atoms with van der Waals surface area (Å²) in [6.45, 7) is 15.9. The van der Waals surface area contributed by atoms with Gasteiger partial charge in [0.15, 0.2) is 0 Å². The van der Waals surface area contributed by atoms with Crippen LogP contribution in [-0.4, -0.2) is 17.4 Å². The molecule has 0 rings (SSSR count). The third-order valence-electron chi connectivity index (χ3n) is 3.32. The van der Waals surface area contributed by atoms with Crippen molar-refractivity contribution in [3.8, 4) is 0 Å². The van der Waals surface area contributed by atoms with Crippen molar-refractivity contribution < 1.29 is 14.3 Å². The van der Waals surface area contributed by atoms with Crippen LogP contribution in [0.5, 0.6) is 0 Å². The predicted molar refractivity (Wildman–Crippen MR) is 93.1 cm³/mol. The van der Waals surface area contributed by atoms with Gasteiger partial charge in [-0.25, -0.2) is 4.79 Å². The fraction of sp³-hybridized carbons (Fsp3) is 0.737. The maximum atomic E-state index is 12.0. The minimum absolute atomic E-state index is 0.515. The van der Waals surface area contributed by atoms with Crippen LogP contribution in [-0.2, 0) is 9.47 Å². The number of rotatable bonds is 8. The largest absolute Gasteiger partial charge is 0.509 e. The van der Waals surface area contributed by atoms with E-state index in [0.29, 0.717) is 0 Å². The number of allylic oxidation sites excluding steroid dienone is 4. The van der Waals surface area contributed by atoms with Gasteiger partial charge in [-0.15, -0.1) is 0 Å². The highest BCUT2D eigenvalue weighted by Gasteiger charge is 2.28. The zero-order valence-corrected chi connectivity index (χ0v) is 15.7. The van der Waals surface area contributed by atoms with Gasteiger partial charge in [-0.05, 0) is 81.1 Å². The van der Waals surface area contributed by atoms with Crippen LogP contribution in [0.25, 0.3) is 0 Å². The molecule has 0 amide bonds. The van der Waals surface area contributed by atoms with Crippen LogP contribution in [0.4, 0.5) is 4.79 Å². The maximum absolute atomic E-state index is 12.0. The van der Waals surface area contributed by atoms with Gasteiger partial charge in [0.2, 0.25) is 0 Å². The van der Waals surface area contributed by atoms with Gasteiger partial charge in [0, 0.05) is 0 Å². The van der Waals surface area contributed by atoms with Crippen molar-refractivity contribution in [3.63, 3.8) is 0 Å². The number of ether oxygens (including phenoxy) is 2. The molecule has 0 aliphatic rings. The van der Waals surface area contributed by atoms with E-state index in [0.717, 1.165) is 25.7 Å². The maximum Gasteiger partial charge on any atom is 0.509 e. The average molecular weight is 310 g/mol. The molecular formula is C19H34O3. The summed E-state index contributed by atoms with van der Waals surface area (Å²) in [7, 11) is 0. The normalized spacial score (nSPS) is 11.6. The Kier molecular flexibility index (Phi) is 8.50. The van der Waals surface area contributed by atoms with Crippen molar-refractivity contribution in [2.24, 2.45) is 0 Å². The first-order valence-electron chi connectivity index (χ1n) is 8.12. The van der Waals surface area contributed by atoms with Crippen LogP contribution in [0.15, 0.2) is 23.3 Å². The molecule has 0 bridgehead atoms. The van der Waals surface area contributed by atoms with Crippen molar-refractivity contribution in [2.75, 3.05) is 0 Å². The van der Waals surface area contributed by atoms with Crippen molar-refractivity contribution >= 4 is 6.16 Å². The monoisotopic (exact) mass is 310 g/mol. The molecular weight excluding hydrogens is 276 g/mol. The Hall–Kier alpha value is -1.25. The zero-order chi connectivity index (χ0) is 17.4. The molecule has 0 fully saturated rings. The van der Waals surface area contributed by atoms with E-state index < -0.39 is 17.4 Å². The van der Waals surface area contributed by atoms with Crippen molar-refractivity contribution in [1.82, 2.24) is 0 Å². The topological polar surface area (TPSA) is 35.5 Å². The first-order valence-corrected chi connectivity index (χ1v) is 8.12. The van der Waals surface area contributed by atoms with Crippen molar-refractivity contribution in [2.45, 2.75) is 92.3 Å². The quantitative estimate of drug-likeness (QED) is 0.396. The third-order valence-corrected chi connectivity index (χ3v) is 3.32. The number of hydrogen-bond acceptors (Lipinski definition) is 3. The van der Waals surface area contributed by atoms with E-state index in [1.165, 1.54) is 11.1 Å². The molecule has 0 heterocycles. The Balaban J connectivity index is 4.34. The van der Waals surface area contributed by atoms with Crippen LogP contribution in [0.3, 0.4) is 0 Å². The van der Waals surface area contributed by atoms with Gasteiger partial charge >= 0.3 is 6.16 Å². The first kappa shape index (κ1) is 20.8. The molecule has 0 atom stereocenters. The first-order chi connectivity index (χ1) is 9.93. The summed E-state index contributed by atoms with van der Waals surface area (Å²) in [6.07, 6.45) is 7.08. The van der Waals surface area contributed by atoms with Gasteiger partial charge in [-0.1, -0.05) is 23.3 Å². The average Bonchev–Trinajstić information content (AvgIpc) is 2.24. The van der Waals surface area contributed by atoms with Crippen molar-refractivity contribution in [3.05, 3.63) is 23.3 Å². The molecule has 0 aromatic carbocycles. The smallest absolute Gasteiger partial charge is 0.428 e. The predicted octanol–water partition coefficient (Wildman–Crippen LogP) is 6.19. The molecule has 128 valence electrons. The highest BCUT2D eigenvalue weighted by Crippen LogP contribution is 2.23. The van der Waals surface area contributed by atoms with Crippen LogP contribution in [0.1, 0.15) is 81.1 Å². The van der Waals surface area contributed by atoms with E-state index in [1.54, 1.807) is 0 Å². The second kappa shape index (κ2) is 9.02. The molecule has 22 heavy (non-hydrogen) atoms. The Morgan fingerprint density at radius 1 is 0.773 bits per heavy atom. The molecule has 3 nitrogen and oxygen atoms in total. The van der Waals surface area contributed by atoms with E-state index >= 15 is 0 Å². The van der Waals surface area contributed by atoms with Crippen LogP contribution in [0, 0.1) is 0 Å². The molecule has 0 aliphatic heterocycles. The number of carbonyl (C=O) groups excluding carboxylic acids is 1. The third kappa shape index (κ3) is 11.4. The van der Waals surface area contributed by atoms with Crippen LogP contribution in [0.2, 0.25) is 0 Å². The second-order valence-corrected chi connectivity index (χ2v) is 7.61. The summed E-state index contributed by atoms with van der Waals surface area (Å²) in [6, 6.07) is 0. The Labute approximate surface area is 136 Å². The molecule has 0 aromatic heterocycles. The molecule has 0 aromatic rings. The lowest BCUT2D eigenvalue weighted by molar-refractivity contribution is -0.0628. The fourth-order valence-electron chi connectivity index (χ4n) is 1.99. The van der Waals surface area contributed by atoms with E-state index in [1.807, 2.05) is 27.7 Å². The summed E-state index contributed by atoms with van der Waals surface area (Å²) >= 11 is 0. The summed E-state index contributed by atoms with van der Waals surface area (Å²) in [5.41, 5.74) is 1.52. The van der Waals surface area contributed by atoms with Gasteiger partial charge in [0.1, 0.15) is 11.2 Å². The van der Waals surface area contributed by atoms with Gasteiger partial charge in [0.25, 0.3) is 0 Å². The minimum atomic E-state index is -0.579. The molecule has 0 saturated carbocycles. The molecule has 0 N–H and O–H groups in total. The molecule has 0 radical (unpaired) electrons. The van der Waals surface area contributed by atoms with Gasteiger partial charge < -0.3 is 9.47 Å². The highest BCUT2D eigenvalue weighted by molar-refractivity contribution is 5.61. The van der Waals surface area contributed by atoms with Crippen molar-refractivity contribution in [1.29, 1.82) is 0 Å². The Morgan fingerprint density at radius 3 is 1.36 bits per heavy atom. The molecule has 0 saturated heterocycles. The van der Waals surface area contributed by atoms with Crippen LogP contribution >= 0.6 is 0 Å². The lowest BCUT2D eigenvalue weighted by Crippen LogP contribution is -2.34. The molecule has 3 heteroatoms. The van der Waals surface area contributed by atoms with Gasteiger partial charge in [0.05, 0.1) is 0 Å². The lowest BCUT2D eigenvalue weighted by atomic mass is 10.0. The summed E-state index contributed by atoms with van der Waals surface area (Å²) in [4.78, 5) is 12.0. The molecule has 0 spiro atoms. The highest BCUT2D eigenvalue weighted by atomic mass is 16.7. The number of hydrogen-bond donors (Lipinski definition) is 0. The van der Waals surface area contributed by atoms with Crippen LogP contribution < -0.4 is 0 Å². The standard InChI is InChI=1S/C19H34O3/c1-15(2)11-9-13-18(5,6)21-17(20)22-19(7,8)14-10-12-16(3)4/h11-12H,9-10,13-14H2,1-8H3. The fourth-order valence-corrected chi connectivity index (χ4v) is 1.99. The summed E-state index contributed by atoms with van der Waals surface area (Å²) in [5, 5.41) is 0. The zero-order valence-electron chi connectivity index (χ0n) is 15.7. The number of carbonyl (C=O) groups is 1. The minimum Gasteiger partial charge on any atom is -0.428 e. The van der Waals surface area contributed by atoms with E-state index in [4.69, 9.17) is 9.47 Å². The summed E-state index contributed by atoms with van der Waals surface area (Å²) in [5.74, 6) is 0.